The van der Waals surface area contributed by atoms with Crippen LogP contribution in [0.4, 0.5) is 4.39 Å². The van der Waals surface area contributed by atoms with Gasteiger partial charge in [0.25, 0.3) is 0 Å². The van der Waals surface area contributed by atoms with Gasteiger partial charge in [-0.2, -0.15) is 5.26 Å². The molecule has 4 heteroatoms. The zero-order valence-electron chi connectivity index (χ0n) is 6.00. The van der Waals surface area contributed by atoms with Crippen molar-refractivity contribution in [2.75, 3.05) is 0 Å². The molecular formula is C8H4FN3. The van der Waals surface area contributed by atoms with Crippen LogP contribution in [0.1, 0.15) is 5.56 Å². The van der Waals surface area contributed by atoms with Crippen molar-refractivity contribution in [2.45, 2.75) is 0 Å². The molecule has 0 saturated carbocycles. The van der Waals surface area contributed by atoms with Gasteiger partial charge in [0, 0.05) is 0 Å². The predicted molar refractivity (Wildman–Crippen MR) is 40.8 cm³/mol. The predicted octanol–water partition coefficient (Wildman–Crippen LogP) is 1.57. The Labute approximate surface area is 67.5 Å². The van der Waals surface area contributed by atoms with Gasteiger partial charge in [0.15, 0.2) is 5.82 Å². The van der Waals surface area contributed by atoms with E-state index in [4.69, 9.17) is 5.26 Å². The molecule has 0 atom stereocenters. The fourth-order valence-corrected chi connectivity index (χ4v) is 1.09. The summed E-state index contributed by atoms with van der Waals surface area (Å²) in [6.45, 7) is 0. The number of nitrogens with zero attached hydrogens (tertiary/aromatic N) is 2. The highest BCUT2D eigenvalue weighted by atomic mass is 19.1. The minimum Gasteiger partial charge on any atom is -0.343 e. The topological polar surface area (TPSA) is 52.5 Å². The van der Waals surface area contributed by atoms with Gasteiger partial charge in [0.05, 0.1) is 17.4 Å². The van der Waals surface area contributed by atoms with E-state index in [9.17, 15) is 4.39 Å². The Hall–Kier alpha value is -1.89. The number of benzene rings is 1. The van der Waals surface area contributed by atoms with Crippen molar-refractivity contribution < 1.29 is 4.39 Å². The Balaban J connectivity index is 2.94. The van der Waals surface area contributed by atoms with E-state index in [0.717, 1.165) is 0 Å². The van der Waals surface area contributed by atoms with Crippen LogP contribution in [-0.2, 0) is 0 Å². The molecular weight excluding hydrogens is 157 g/mol. The number of H-pyrrole nitrogens is 1. The molecule has 0 radical (unpaired) electrons. The lowest BCUT2D eigenvalue weighted by Gasteiger charge is -1.91. The highest BCUT2D eigenvalue weighted by molar-refractivity contribution is 5.81. The number of aromatic amines is 1. The van der Waals surface area contributed by atoms with Gasteiger partial charge in [-0.25, -0.2) is 9.37 Å². The number of imidazole rings is 1. The number of aromatic nitrogens is 2. The van der Waals surface area contributed by atoms with Crippen LogP contribution in [-0.4, -0.2) is 9.97 Å². The normalized spacial score (nSPS) is 10.0. The summed E-state index contributed by atoms with van der Waals surface area (Å²) in [7, 11) is 0. The van der Waals surface area contributed by atoms with Crippen molar-refractivity contribution in [3.05, 3.63) is 29.8 Å². The van der Waals surface area contributed by atoms with Crippen LogP contribution in [0.25, 0.3) is 11.0 Å². The average molecular weight is 161 g/mol. The maximum Gasteiger partial charge on any atom is 0.151 e. The molecule has 0 amide bonds. The van der Waals surface area contributed by atoms with Crippen molar-refractivity contribution in [3.8, 4) is 6.07 Å². The van der Waals surface area contributed by atoms with Gasteiger partial charge in [0.2, 0.25) is 0 Å². The average Bonchev–Trinajstić information content (AvgIpc) is 2.54. The molecule has 0 fully saturated rings. The first kappa shape index (κ1) is 6.80. The van der Waals surface area contributed by atoms with Crippen molar-refractivity contribution in [1.29, 1.82) is 5.26 Å². The Morgan fingerprint density at radius 1 is 1.50 bits per heavy atom. The number of hydrogen-bond acceptors (Lipinski definition) is 2. The zero-order valence-corrected chi connectivity index (χ0v) is 6.00. The summed E-state index contributed by atoms with van der Waals surface area (Å²) in [6.07, 6.45) is 1.37. The lowest BCUT2D eigenvalue weighted by atomic mass is 10.2. The number of rotatable bonds is 0. The van der Waals surface area contributed by atoms with Gasteiger partial charge in [-0.3, -0.25) is 0 Å². The fraction of sp³-hybridized carbons (Fsp3) is 0. The van der Waals surface area contributed by atoms with Crippen molar-refractivity contribution in [2.24, 2.45) is 0 Å². The third-order valence-electron chi connectivity index (χ3n) is 1.65. The van der Waals surface area contributed by atoms with Crippen LogP contribution >= 0.6 is 0 Å². The molecule has 0 bridgehead atoms. The standard InChI is InChI=1S/C8H4FN3/c9-6-2-1-5(3-10)7-8(6)12-4-11-7/h1-2,4H,(H,11,12). The third kappa shape index (κ3) is 0.768. The van der Waals surface area contributed by atoms with E-state index in [-0.39, 0.29) is 5.52 Å². The molecule has 0 spiro atoms. The van der Waals surface area contributed by atoms with Crippen LogP contribution in [0.3, 0.4) is 0 Å². The van der Waals surface area contributed by atoms with Crippen molar-refractivity contribution in [1.82, 2.24) is 9.97 Å². The number of nitriles is 1. The molecule has 0 saturated heterocycles. The Kier molecular flexibility index (Phi) is 1.31. The molecule has 1 aromatic carbocycles. The van der Waals surface area contributed by atoms with Gasteiger partial charge in [-0.1, -0.05) is 0 Å². The molecule has 1 heterocycles. The molecule has 0 aliphatic rings. The molecule has 1 aromatic heterocycles. The van der Waals surface area contributed by atoms with E-state index >= 15 is 0 Å². The van der Waals surface area contributed by atoms with Crippen molar-refractivity contribution >= 4 is 11.0 Å². The monoisotopic (exact) mass is 161 g/mol. The number of halogens is 1. The number of nitrogens with one attached hydrogen (secondary N) is 1. The van der Waals surface area contributed by atoms with Gasteiger partial charge in [0.1, 0.15) is 11.6 Å². The highest BCUT2D eigenvalue weighted by Crippen LogP contribution is 2.16. The van der Waals surface area contributed by atoms with E-state index in [1.807, 2.05) is 6.07 Å². The van der Waals surface area contributed by atoms with Gasteiger partial charge in [-0.15, -0.1) is 0 Å². The SMILES string of the molecule is N#Cc1ccc(F)c2nc[nH]c12. The van der Waals surface area contributed by atoms with Crippen LogP contribution in [0.2, 0.25) is 0 Å². The van der Waals surface area contributed by atoms with Crippen molar-refractivity contribution in [3.63, 3.8) is 0 Å². The summed E-state index contributed by atoms with van der Waals surface area (Å²) in [5.74, 6) is -0.412. The third-order valence-corrected chi connectivity index (χ3v) is 1.65. The van der Waals surface area contributed by atoms with Gasteiger partial charge in [-0.05, 0) is 12.1 Å². The molecule has 0 aliphatic heterocycles. The minimum atomic E-state index is -0.412. The first-order valence-corrected chi connectivity index (χ1v) is 3.34. The molecule has 1 N–H and O–H groups in total. The highest BCUT2D eigenvalue weighted by Gasteiger charge is 2.06. The van der Waals surface area contributed by atoms with Crippen LogP contribution in [0, 0.1) is 17.1 Å². The van der Waals surface area contributed by atoms with E-state index < -0.39 is 5.82 Å². The second kappa shape index (κ2) is 2.31. The van der Waals surface area contributed by atoms with E-state index in [1.165, 1.54) is 18.5 Å². The quantitative estimate of drug-likeness (QED) is 0.637. The molecule has 2 rings (SSSR count). The smallest absolute Gasteiger partial charge is 0.151 e. The molecule has 2 aromatic rings. The van der Waals surface area contributed by atoms with E-state index in [2.05, 4.69) is 9.97 Å². The Morgan fingerprint density at radius 2 is 2.33 bits per heavy atom. The molecule has 58 valence electrons. The van der Waals surface area contributed by atoms with Crippen LogP contribution in [0.15, 0.2) is 18.5 Å². The van der Waals surface area contributed by atoms with E-state index in [0.29, 0.717) is 11.1 Å². The fourth-order valence-electron chi connectivity index (χ4n) is 1.09. The first-order chi connectivity index (χ1) is 5.83. The van der Waals surface area contributed by atoms with Gasteiger partial charge < -0.3 is 4.98 Å². The summed E-state index contributed by atoms with van der Waals surface area (Å²) in [6, 6.07) is 4.61. The summed E-state index contributed by atoms with van der Waals surface area (Å²) in [5, 5.41) is 8.62. The number of fused-ring (bicyclic) bond motifs is 1. The lowest BCUT2D eigenvalue weighted by Crippen LogP contribution is -1.82. The summed E-state index contributed by atoms with van der Waals surface area (Å²) < 4.78 is 12.9. The largest absolute Gasteiger partial charge is 0.343 e. The molecule has 3 nitrogen and oxygen atoms in total. The van der Waals surface area contributed by atoms with Gasteiger partial charge >= 0.3 is 0 Å². The Bertz CT molecular complexity index is 467. The second-order valence-corrected chi connectivity index (χ2v) is 2.33. The summed E-state index contributed by atoms with van der Waals surface area (Å²) in [5.41, 5.74) is 1.08. The van der Waals surface area contributed by atoms with E-state index in [1.54, 1.807) is 0 Å². The molecule has 12 heavy (non-hydrogen) atoms. The summed E-state index contributed by atoms with van der Waals surface area (Å²) >= 11 is 0. The maximum atomic E-state index is 12.9. The number of hydrogen-bond donors (Lipinski definition) is 1. The van der Waals surface area contributed by atoms with Crippen LogP contribution < -0.4 is 0 Å². The Morgan fingerprint density at radius 3 is 3.08 bits per heavy atom. The lowest BCUT2D eigenvalue weighted by molar-refractivity contribution is 0.637. The second-order valence-electron chi connectivity index (χ2n) is 2.33. The zero-order chi connectivity index (χ0) is 8.55. The molecule has 0 unspecified atom stereocenters. The minimum absolute atomic E-state index is 0.217. The summed E-state index contributed by atoms with van der Waals surface area (Å²) in [4.78, 5) is 6.45. The first-order valence-electron chi connectivity index (χ1n) is 3.34. The molecule has 0 aliphatic carbocycles. The maximum absolute atomic E-state index is 12.9. The van der Waals surface area contributed by atoms with Crippen LogP contribution in [0.5, 0.6) is 0 Å².